The molecule has 3 nitrogen and oxygen atoms in total. The van der Waals surface area contributed by atoms with E-state index >= 15 is 0 Å². The SMILES string of the molecule is Cc1ccc(-c2csc3ncnc(SC(=S)N(C)C)c23)cc1. The van der Waals surface area contributed by atoms with Crippen LogP contribution in [-0.2, 0) is 0 Å². The van der Waals surface area contributed by atoms with Gasteiger partial charge in [-0.2, -0.15) is 0 Å². The molecule has 1 aromatic carbocycles. The standard InChI is InChI=1S/C16H15N3S3/c1-10-4-6-11(7-5-10)12-8-21-14-13(12)15(18-9-17-14)22-16(20)19(2)3/h4-9H,1-3H3. The molecule has 3 rings (SSSR count). The van der Waals surface area contributed by atoms with Gasteiger partial charge in [-0.3, -0.25) is 0 Å². The highest BCUT2D eigenvalue weighted by Gasteiger charge is 2.15. The highest BCUT2D eigenvalue weighted by molar-refractivity contribution is 8.23. The lowest BCUT2D eigenvalue weighted by Gasteiger charge is -2.12. The molecule has 22 heavy (non-hydrogen) atoms. The van der Waals surface area contributed by atoms with Gasteiger partial charge in [-0.15, -0.1) is 11.3 Å². The fourth-order valence-corrected chi connectivity index (χ4v) is 4.02. The number of aromatic nitrogens is 2. The topological polar surface area (TPSA) is 29.0 Å². The van der Waals surface area contributed by atoms with Crippen LogP contribution in [0.15, 0.2) is 41.0 Å². The van der Waals surface area contributed by atoms with Crippen LogP contribution in [0, 0.1) is 6.92 Å². The number of aryl methyl sites for hydroxylation is 1. The summed E-state index contributed by atoms with van der Waals surface area (Å²) in [4.78, 5) is 11.8. The average Bonchev–Trinajstić information content (AvgIpc) is 2.93. The fourth-order valence-electron chi connectivity index (χ4n) is 2.04. The van der Waals surface area contributed by atoms with E-state index in [2.05, 4.69) is 46.5 Å². The second-order valence-corrected chi connectivity index (χ2v) is 7.62. The predicted molar refractivity (Wildman–Crippen MR) is 99.7 cm³/mol. The molecule has 112 valence electrons. The van der Waals surface area contributed by atoms with Crippen molar-refractivity contribution in [2.75, 3.05) is 14.1 Å². The van der Waals surface area contributed by atoms with E-state index in [1.54, 1.807) is 17.7 Å². The molecule has 0 aliphatic rings. The first-order chi connectivity index (χ1) is 10.6. The molecule has 0 radical (unpaired) electrons. The van der Waals surface area contributed by atoms with Crippen LogP contribution < -0.4 is 0 Å². The first-order valence-electron chi connectivity index (χ1n) is 6.74. The largest absolute Gasteiger partial charge is 0.363 e. The minimum absolute atomic E-state index is 0.793. The van der Waals surface area contributed by atoms with Gasteiger partial charge < -0.3 is 4.90 Å². The summed E-state index contributed by atoms with van der Waals surface area (Å²) in [6.07, 6.45) is 1.61. The molecule has 0 atom stereocenters. The van der Waals surface area contributed by atoms with Gasteiger partial charge in [0.1, 0.15) is 20.5 Å². The summed E-state index contributed by atoms with van der Waals surface area (Å²) in [6.45, 7) is 2.09. The van der Waals surface area contributed by atoms with Gasteiger partial charge >= 0.3 is 0 Å². The molecular formula is C16H15N3S3. The van der Waals surface area contributed by atoms with Crippen LogP contribution >= 0.6 is 35.3 Å². The molecule has 0 saturated carbocycles. The highest BCUT2D eigenvalue weighted by Crippen LogP contribution is 2.38. The van der Waals surface area contributed by atoms with Crippen LogP contribution in [0.1, 0.15) is 5.56 Å². The van der Waals surface area contributed by atoms with E-state index in [1.807, 2.05) is 19.0 Å². The number of hydrogen-bond acceptors (Lipinski definition) is 5. The maximum atomic E-state index is 5.41. The van der Waals surface area contributed by atoms with Gasteiger partial charge in [-0.05, 0) is 24.2 Å². The summed E-state index contributed by atoms with van der Waals surface area (Å²) >= 11 is 8.56. The van der Waals surface area contributed by atoms with Gasteiger partial charge in [0.2, 0.25) is 0 Å². The quantitative estimate of drug-likeness (QED) is 0.384. The summed E-state index contributed by atoms with van der Waals surface area (Å²) in [5.41, 5.74) is 3.61. The van der Waals surface area contributed by atoms with Gasteiger partial charge in [0.25, 0.3) is 0 Å². The van der Waals surface area contributed by atoms with Crippen molar-refractivity contribution in [1.82, 2.24) is 14.9 Å². The number of fused-ring (bicyclic) bond motifs is 1. The van der Waals surface area contributed by atoms with Crippen molar-refractivity contribution in [3.63, 3.8) is 0 Å². The van der Waals surface area contributed by atoms with E-state index in [-0.39, 0.29) is 0 Å². The first kappa shape index (κ1) is 15.4. The van der Waals surface area contributed by atoms with Crippen LogP contribution in [0.2, 0.25) is 0 Å². The van der Waals surface area contributed by atoms with E-state index in [1.165, 1.54) is 28.5 Å². The Kier molecular flexibility index (Phi) is 4.42. The third-order valence-corrected chi connectivity index (χ3v) is 5.79. The number of nitrogens with zero attached hydrogens (tertiary/aromatic N) is 3. The predicted octanol–water partition coefficient (Wildman–Crippen LogP) is 4.61. The maximum Gasteiger partial charge on any atom is 0.142 e. The highest BCUT2D eigenvalue weighted by atomic mass is 32.2. The lowest BCUT2D eigenvalue weighted by molar-refractivity contribution is 0.648. The Balaban J connectivity index is 2.12. The summed E-state index contributed by atoms with van der Waals surface area (Å²) in [5.74, 6) is 0. The second-order valence-electron chi connectivity index (χ2n) is 5.14. The van der Waals surface area contributed by atoms with Crippen molar-refractivity contribution in [1.29, 1.82) is 0 Å². The van der Waals surface area contributed by atoms with Crippen molar-refractivity contribution >= 4 is 49.9 Å². The van der Waals surface area contributed by atoms with Crippen molar-refractivity contribution in [3.8, 4) is 11.1 Å². The van der Waals surface area contributed by atoms with Crippen molar-refractivity contribution in [2.45, 2.75) is 11.9 Å². The molecule has 6 heteroatoms. The zero-order valence-corrected chi connectivity index (χ0v) is 15.0. The van der Waals surface area contributed by atoms with E-state index in [0.717, 1.165) is 19.6 Å². The normalized spacial score (nSPS) is 10.9. The van der Waals surface area contributed by atoms with E-state index in [0.29, 0.717) is 0 Å². The zero-order valence-electron chi connectivity index (χ0n) is 12.5. The van der Waals surface area contributed by atoms with Gasteiger partial charge in [0.15, 0.2) is 0 Å². The van der Waals surface area contributed by atoms with Gasteiger partial charge in [0, 0.05) is 25.0 Å². The number of rotatable bonds is 2. The lowest BCUT2D eigenvalue weighted by atomic mass is 10.1. The van der Waals surface area contributed by atoms with Crippen molar-refractivity contribution in [3.05, 3.63) is 41.5 Å². The number of benzene rings is 1. The third-order valence-electron chi connectivity index (χ3n) is 3.25. The summed E-state index contributed by atoms with van der Waals surface area (Å²) in [7, 11) is 3.89. The maximum absolute atomic E-state index is 5.41. The number of hydrogen-bond donors (Lipinski definition) is 0. The molecule has 0 aliphatic heterocycles. The van der Waals surface area contributed by atoms with Crippen LogP contribution in [0.25, 0.3) is 21.3 Å². The minimum Gasteiger partial charge on any atom is -0.363 e. The lowest BCUT2D eigenvalue weighted by Crippen LogP contribution is -2.16. The molecule has 0 amide bonds. The molecule has 0 fully saturated rings. The van der Waals surface area contributed by atoms with Crippen molar-refractivity contribution < 1.29 is 0 Å². The summed E-state index contributed by atoms with van der Waals surface area (Å²) in [5, 5.41) is 4.15. The Morgan fingerprint density at radius 1 is 1.18 bits per heavy atom. The molecule has 2 aromatic heterocycles. The Labute approximate surface area is 143 Å². The average molecular weight is 346 g/mol. The Morgan fingerprint density at radius 2 is 1.91 bits per heavy atom. The van der Waals surface area contributed by atoms with E-state index < -0.39 is 0 Å². The monoisotopic (exact) mass is 345 g/mol. The minimum atomic E-state index is 0.793. The van der Waals surface area contributed by atoms with Crippen molar-refractivity contribution in [2.24, 2.45) is 0 Å². The smallest absolute Gasteiger partial charge is 0.142 e. The van der Waals surface area contributed by atoms with E-state index in [4.69, 9.17) is 12.2 Å². The van der Waals surface area contributed by atoms with Crippen LogP contribution in [-0.4, -0.2) is 33.3 Å². The van der Waals surface area contributed by atoms with Gasteiger partial charge in [0.05, 0.1) is 5.39 Å². The zero-order chi connectivity index (χ0) is 15.7. The van der Waals surface area contributed by atoms with Crippen LogP contribution in [0.3, 0.4) is 0 Å². The molecule has 0 unspecified atom stereocenters. The molecule has 0 aliphatic carbocycles. The first-order valence-corrected chi connectivity index (χ1v) is 8.85. The molecular weight excluding hydrogens is 330 g/mol. The van der Waals surface area contributed by atoms with E-state index in [9.17, 15) is 0 Å². The second kappa shape index (κ2) is 6.32. The Morgan fingerprint density at radius 3 is 2.59 bits per heavy atom. The number of thiocarbonyl (C=S) groups is 1. The van der Waals surface area contributed by atoms with Gasteiger partial charge in [-0.25, -0.2) is 9.97 Å². The third kappa shape index (κ3) is 2.99. The van der Waals surface area contributed by atoms with Crippen LogP contribution in [0.5, 0.6) is 0 Å². The number of thioether (sulfide) groups is 1. The Hall–Kier alpha value is -1.50. The van der Waals surface area contributed by atoms with Crippen LogP contribution in [0.4, 0.5) is 0 Å². The molecule has 0 spiro atoms. The molecule has 0 N–H and O–H groups in total. The van der Waals surface area contributed by atoms with Gasteiger partial charge in [-0.1, -0.05) is 42.0 Å². The Bertz CT molecular complexity index is 822. The number of thiophene rings is 1. The fraction of sp³-hybridized carbons (Fsp3) is 0.188. The summed E-state index contributed by atoms with van der Waals surface area (Å²) in [6, 6.07) is 8.53. The summed E-state index contributed by atoms with van der Waals surface area (Å²) < 4.78 is 0.793. The molecule has 2 heterocycles. The molecule has 3 aromatic rings. The molecule has 0 saturated heterocycles. The molecule has 0 bridgehead atoms.